The molecule has 0 aliphatic rings. The molecule has 0 spiro atoms. The van der Waals surface area contributed by atoms with E-state index in [1.807, 2.05) is 0 Å². The molecule has 0 aromatic carbocycles. The van der Waals surface area contributed by atoms with E-state index >= 15 is 0 Å². The standard InChI is InChI=1S/4H2O.Si.Ti/h4*1H2;;. The monoisotopic (exact) mass is 148 g/mol. The van der Waals surface area contributed by atoms with Crippen molar-refractivity contribution >= 4 is 11.0 Å². The topological polar surface area (TPSA) is 126 Å². The molecule has 6 heteroatoms. The van der Waals surface area contributed by atoms with Gasteiger partial charge in [-0.3, -0.25) is 0 Å². The smallest absolute Gasteiger partial charge is 0 e. The summed E-state index contributed by atoms with van der Waals surface area (Å²) in [5.41, 5.74) is 0. The Kier molecular flexibility index (Phi) is 14000. The van der Waals surface area contributed by atoms with Crippen molar-refractivity contribution in [2.45, 2.75) is 0 Å². The molecule has 4 nitrogen and oxygen atoms in total. The molecule has 4 radical (unpaired) electrons. The van der Waals surface area contributed by atoms with Crippen molar-refractivity contribution in [2.75, 3.05) is 0 Å². The predicted molar refractivity (Wildman–Crippen MR) is 20.2 cm³/mol. The zero-order valence-electron chi connectivity index (χ0n) is 3.00. The fourth-order valence-electron chi connectivity index (χ4n) is 0. The third-order valence-corrected chi connectivity index (χ3v) is 0. The van der Waals surface area contributed by atoms with E-state index in [0.717, 1.165) is 0 Å². The van der Waals surface area contributed by atoms with Gasteiger partial charge in [0.05, 0.1) is 0 Å². The van der Waals surface area contributed by atoms with Crippen molar-refractivity contribution in [2.24, 2.45) is 0 Å². The van der Waals surface area contributed by atoms with Crippen molar-refractivity contribution in [3.63, 3.8) is 0 Å². The Morgan fingerprint density at radius 1 is 0.500 bits per heavy atom. The largest absolute Gasteiger partial charge is 0.412 e. The fraction of sp³-hybridized carbons (Fsp3) is 0. The average Bonchev–Trinajstić information content (AvgIpc) is 0. The van der Waals surface area contributed by atoms with Crippen LogP contribution in [0, 0.1) is 0 Å². The molecule has 0 aromatic rings. The Morgan fingerprint density at radius 2 is 0.500 bits per heavy atom. The molecular weight excluding hydrogens is 140 g/mol. The average molecular weight is 148 g/mol. The van der Waals surface area contributed by atoms with Crippen molar-refractivity contribution < 1.29 is 43.6 Å². The van der Waals surface area contributed by atoms with Crippen LogP contribution in [0.4, 0.5) is 0 Å². The Labute approximate surface area is 55.1 Å². The van der Waals surface area contributed by atoms with Crippen molar-refractivity contribution in [3.8, 4) is 0 Å². The summed E-state index contributed by atoms with van der Waals surface area (Å²) in [6, 6.07) is 0. The van der Waals surface area contributed by atoms with Gasteiger partial charge in [-0.15, -0.1) is 0 Å². The van der Waals surface area contributed by atoms with E-state index in [4.69, 9.17) is 0 Å². The van der Waals surface area contributed by atoms with E-state index in [9.17, 15) is 0 Å². The minimum Gasteiger partial charge on any atom is -0.412 e. The summed E-state index contributed by atoms with van der Waals surface area (Å²) in [5, 5.41) is 0. The van der Waals surface area contributed by atoms with Gasteiger partial charge in [0.15, 0.2) is 0 Å². The first-order valence-corrected chi connectivity index (χ1v) is 0. The summed E-state index contributed by atoms with van der Waals surface area (Å²) >= 11 is 0. The molecule has 0 aliphatic carbocycles. The maximum atomic E-state index is 0. The summed E-state index contributed by atoms with van der Waals surface area (Å²) in [4.78, 5) is 0. The molecule has 0 rings (SSSR count). The molecule has 8 N–H and O–H groups in total. The quantitative estimate of drug-likeness (QED) is 0.313. The second-order valence-electron chi connectivity index (χ2n) is 0. The van der Waals surface area contributed by atoms with Gasteiger partial charge in [0.1, 0.15) is 0 Å². The summed E-state index contributed by atoms with van der Waals surface area (Å²) in [5.74, 6) is 0. The molecule has 0 atom stereocenters. The maximum Gasteiger partial charge on any atom is 0 e. The van der Waals surface area contributed by atoms with Crippen LogP contribution in [0.3, 0.4) is 0 Å². The van der Waals surface area contributed by atoms with Crippen LogP contribution in [0.2, 0.25) is 0 Å². The molecule has 0 unspecified atom stereocenters. The minimum atomic E-state index is 0. The van der Waals surface area contributed by atoms with Crippen LogP contribution in [0.25, 0.3) is 0 Å². The van der Waals surface area contributed by atoms with Crippen LogP contribution >= 0.6 is 0 Å². The second kappa shape index (κ2) is 221. The van der Waals surface area contributed by atoms with E-state index in [0.29, 0.717) is 0 Å². The maximum absolute atomic E-state index is 0. The second-order valence-corrected chi connectivity index (χ2v) is 0. The normalized spacial score (nSPS) is 0. The molecule has 6 heavy (non-hydrogen) atoms. The van der Waals surface area contributed by atoms with E-state index < -0.39 is 0 Å². The van der Waals surface area contributed by atoms with Gasteiger partial charge in [0, 0.05) is 32.7 Å². The van der Waals surface area contributed by atoms with Gasteiger partial charge in [-0.05, 0) is 0 Å². The van der Waals surface area contributed by atoms with Crippen molar-refractivity contribution in [1.82, 2.24) is 0 Å². The van der Waals surface area contributed by atoms with E-state index in [2.05, 4.69) is 0 Å². The van der Waals surface area contributed by atoms with Gasteiger partial charge in [-0.2, -0.15) is 0 Å². The van der Waals surface area contributed by atoms with Gasteiger partial charge >= 0.3 is 0 Å². The van der Waals surface area contributed by atoms with Crippen LogP contribution in [0.5, 0.6) is 0 Å². The molecular formula is H8O4SiTi. The number of hydrogen-bond acceptors (Lipinski definition) is 0. The Balaban J connectivity index is 0. The zero-order chi connectivity index (χ0) is 0. The molecule has 40 valence electrons. The number of rotatable bonds is 0. The molecule has 0 saturated carbocycles. The molecule has 0 aliphatic heterocycles. The summed E-state index contributed by atoms with van der Waals surface area (Å²) in [7, 11) is 0. The first-order valence-electron chi connectivity index (χ1n) is 0. The summed E-state index contributed by atoms with van der Waals surface area (Å²) in [6.45, 7) is 0. The third-order valence-electron chi connectivity index (χ3n) is 0. The predicted octanol–water partition coefficient (Wildman–Crippen LogP) is -3.68. The minimum absolute atomic E-state index is 0. The van der Waals surface area contributed by atoms with Gasteiger partial charge in [-0.1, -0.05) is 0 Å². The molecule has 0 saturated heterocycles. The van der Waals surface area contributed by atoms with Crippen LogP contribution in [-0.2, 0) is 21.7 Å². The van der Waals surface area contributed by atoms with Gasteiger partial charge in [0.25, 0.3) is 0 Å². The Hall–Kier alpha value is 0.771. The van der Waals surface area contributed by atoms with E-state index in [1.54, 1.807) is 0 Å². The Morgan fingerprint density at radius 3 is 0.500 bits per heavy atom. The zero-order valence-corrected chi connectivity index (χ0v) is 5.56. The van der Waals surface area contributed by atoms with Crippen LogP contribution in [-0.4, -0.2) is 32.9 Å². The van der Waals surface area contributed by atoms with Gasteiger partial charge in [0.2, 0.25) is 0 Å². The summed E-state index contributed by atoms with van der Waals surface area (Å²) in [6.07, 6.45) is 0. The third kappa shape index (κ3) is 114. The van der Waals surface area contributed by atoms with Gasteiger partial charge < -0.3 is 21.9 Å². The van der Waals surface area contributed by atoms with Crippen molar-refractivity contribution in [1.29, 1.82) is 0 Å². The molecule has 0 bridgehead atoms. The first kappa shape index (κ1) is 379. The number of hydrogen-bond donors (Lipinski definition) is 0. The molecule has 0 fully saturated rings. The molecule has 0 amide bonds. The summed E-state index contributed by atoms with van der Waals surface area (Å²) < 4.78 is 0. The van der Waals surface area contributed by atoms with Crippen molar-refractivity contribution in [3.05, 3.63) is 0 Å². The first-order chi connectivity index (χ1) is 0. The molecule has 0 aromatic heterocycles. The Bertz CT molecular complexity index is 7.51. The van der Waals surface area contributed by atoms with E-state index in [1.165, 1.54) is 0 Å². The van der Waals surface area contributed by atoms with Crippen LogP contribution in [0.1, 0.15) is 0 Å². The fourth-order valence-corrected chi connectivity index (χ4v) is 0. The van der Waals surface area contributed by atoms with Crippen LogP contribution < -0.4 is 0 Å². The van der Waals surface area contributed by atoms with Gasteiger partial charge in [-0.25, -0.2) is 0 Å². The van der Waals surface area contributed by atoms with E-state index in [-0.39, 0.29) is 54.6 Å². The molecule has 0 heterocycles. The van der Waals surface area contributed by atoms with Crippen LogP contribution in [0.15, 0.2) is 0 Å². The SMILES string of the molecule is O.O.O.O.[Si].[Ti].